The fourth-order valence-corrected chi connectivity index (χ4v) is 1.31. The van der Waals surface area contributed by atoms with Crippen LogP contribution in [0, 0.1) is 0 Å². The molecule has 0 atom stereocenters. The first kappa shape index (κ1) is 11.3. The van der Waals surface area contributed by atoms with Crippen LogP contribution >= 0.6 is 0 Å². The van der Waals surface area contributed by atoms with Crippen LogP contribution in [0.2, 0.25) is 0 Å². The molecule has 2 N–H and O–H groups in total. The van der Waals surface area contributed by atoms with Crippen molar-refractivity contribution in [2.75, 3.05) is 23.7 Å². The molecule has 2 rings (SSSR count). The van der Waals surface area contributed by atoms with Gasteiger partial charge in [-0.1, -0.05) is 5.16 Å². The maximum atomic E-state index is 4.64. The average molecular weight is 234 g/mol. The van der Waals surface area contributed by atoms with E-state index >= 15 is 0 Å². The van der Waals surface area contributed by atoms with Crippen LogP contribution in [0.1, 0.15) is 12.7 Å². The van der Waals surface area contributed by atoms with Crippen molar-refractivity contribution in [2.45, 2.75) is 13.3 Å². The first-order valence-electron chi connectivity index (χ1n) is 5.44. The Bertz CT molecular complexity index is 444. The third-order valence-corrected chi connectivity index (χ3v) is 2.05. The summed E-state index contributed by atoms with van der Waals surface area (Å²) < 4.78 is 4.64. The molecule has 17 heavy (non-hydrogen) atoms. The first-order valence-corrected chi connectivity index (χ1v) is 5.44. The van der Waals surface area contributed by atoms with Crippen molar-refractivity contribution in [3.05, 3.63) is 24.5 Å². The molecule has 7 heteroatoms. The molecule has 7 nitrogen and oxygen atoms in total. The van der Waals surface area contributed by atoms with E-state index in [-0.39, 0.29) is 0 Å². The zero-order valence-corrected chi connectivity index (χ0v) is 9.55. The Balaban J connectivity index is 1.84. The van der Waals surface area contributed by atoms with E-state index in [4.69, 9.17) is 0 Å². The van der Waals surface area contributed by atoms with E-state index in [1.807, 2.05) is 13.0 Å². The molecule has 2 aromatic rings. The number of aromatic nitrogens is 4. The Kier molecular flexibility index (Phi) is 3.85. The summed E-state index contributed by atoms with van der Waals surface area (Å²) in [6.07, 6.45) is 3.72. The van der Waals surface area contributed by atoms with Gasteiger partial charge in [0, 0.05) is 25.7 Å². The molecule has 0 saturated heterocycles. The zero-order valence-electron chi connectivity index (χ0n) is 9.55. The average Bonchev–Trinajstić information content (AvgIpc) is 2.83. The minimum absolute atomic E-state index is 0.622. The second kappa shape index (κ2) is 5.78. The molecular weight excluding hydrogens is 220 g/mol. The van der Waals surface area contributed by atoms with Crippen molar-refractivity contribution in [3.8, 4) is 0 Å². The molecule has 0 spiro atoms. The molecule has 0 unspecified atom stereocenters. The minimum Gasteiger partial charge on any atom is -0.369 e. The first-order chi connectivity index (χ1) is 8.38. The second-order valence-corrected chi connectivity index (χ2v) is 3.32. The maximum absolute atomic E-state index is 4.64. The van der Waals surface area contributed by atoms with E-state index in [1.54, 1.807) is 6.20 Å². The lowest BCUT2D eigenvalue weighted by molar-refractivity contribution is 0.410. The van der Waals surface area contributed by atoms with Crippen molar-refractivity contribution in [1.29, 1.82) is 0 Å². The van der Waals surface area contributed by atoms with Crippen molar-refractivity contribution in [3.63, 3.8) is 0 Å². The van der Waals surface area contributed by atoms with Gasteiger partial charge in [0.2, 0.25) is 12.3 Å². The molecule has 90 valence electrons. The molecule has 0 amide bonds. The van der Waals surface area contributed by atoms with Crippen LogP contribution in [0.4, 0.5) is 11.8 Å². The van der Waals surface area contributed by atoms with E-state index in [0.717, 1.165) is 12.4 Å². The van der Waals surface area contributed by atoms with Crippen LogP contribution in [0.15, 0.2) is 23.2 Å². The lowest BCUT2D eigenvalue weighted by atomic mass is 10.4. The van der Waals surface area contributed by atoms with Gasteiger partial charge in [-0.05, 0) is 13.0 Å². The SMILES string of the molecule is CCNc1nccc(NCCc2ncon2)n1. The summed E-state index contributed by atoms with van der Waals surface area (Å²) in [6.45, 7) is 3.49. The molecule has 2 aromatic heterocycles. The zero-order chi connectivity index (χ0) is 11.9. The standard InChI is InChI=1S/C10H14N6O/c1-2-11-10-13-6-3-8(15-10)12-5-4-9-14-7-17-16-9/h3,6-7H,2,4-5H2,1H3,(H2,11,12,13,15). The summed E-state index contributed by atoms with van der Waals surface area (Å²) in [5.74, 6) is 2.08. The lowest BCUT2D eigenvalue weighted by Gasteiger charge is -2.05. The fourth-order valence-electron chi connectivity index (χ4n) is 1.31. The van der Waals surface area contributed by atoms with Crippen molar-refractivity contribution < 1.29 is 4.52 Å². The lowest BCUT2D eigenvalue weighted by Crippen LogP contribution is -2.09. The molecule has 2 heterocycles. The monoisotopic (exact) mass is 234 g/mol. The second-order valence-electron chi connectivity index (χ2n) is 3.32. The molecular formula is C10H14N6O. The van der Waals surface area contributed by atoms with E-state index in [0.29, 0.717) is 24.7 Å². The fraction of sp³-hybridized carbons (Fsp3) is 0.400. The Morgan fingerprint density at radius 1 is 1.29 bits per heavy atom. The molecule has 0 aliphatic carbocycles. The third-order valence-electron chi connectivity index (χ3n) is 2.05. The molecule has 0 aromatic carbocycles. The van der Waals surface area contributed by atoms with Crippen molar-refractivity contribution >= 4 is 11.8 Å². The summed E-state index contributed by atoms with van der Waals surface area (Å²) in [5.41, 5.74) is 0. The van der Waals surface area contributed by atoms with Crippen LogP contribution in [0.25, 0.3) is 0 Å². The number of anilines is 2. The number of hydrogen-bond donors (Lipinski definition) is 2. The highest BCUT2D eigenvalue weighted by atomic mass is 16.5. The number of hydrogen-bond acceptors (Lipinski definition) is 7. The van der Waals surface area contributed by atoms with Crippen LogP contribution < -0.4 is 10.6 Å². The predicted molar refractivity (Wildman–Crippen MR) is 62.7 cm³/mol. The van der Waals surface area contributed by atoms with E-state index in [1.165, 1.54) is 6.39 Å². The molecule has 0 fully saturated rings. The number of nitrogens with zero attached hydrogens (tertiary/aromatic N) is 4. The Labute approximate surface area is 98.7 Å². The maximum Gasteiger partial charge on any atom is 0.224 e. The molecule has 0 saturated carbocycles. The largest absolute Gasteiger partial charge is 0.369 e. The van der Waals surface area contributed by atoms with Gasteiger partial charge in [0.15, 0.2) is 5.82 Å². The van der Waals surface area contributed by atoms with Gasteiger partial charge in [-0.15, -0.1) is 0 Å². The highest BCUT2D eigenvalue weighted by Crippen LogP contribution is 2.05. The molecule has 0 radical (unpaired) electrons. The summed E-state index contributed by atoms with van der Waals surface area (Å²) in [4.78, 5) is 12.3. The van der Waals surface area contributed by atoms with Crippen molar-refractivity contribution in [1.82, 2.24) is 20.1 Å². The van der Waals surface area contributed by atoms with Crippen molar-refractivity contribution in [2.24, 2.45) is 0 Å². The van der Waals surface area contributed by atoms with Gasteiger partial charge in [0.1, 0.15) is 5.82 Å². The summed E-state index contributed by atoms with van der Waals surface area (Å²) >= 11 is 0. The van der Waals surface area contributed by atoms with E-state index < -0.39 is 0 Å². The summed E-state index contributed by atoms with van der Waals surface area (Å²) in [5, 5.41) is 9.94. The van der Waals surface area contributed by atoms with Gasteiger partial charge >= 0.3 is 0 Å². The van der Waals surface area contributed by atoms with Gasteiger partial charge in [-0.2, -0.15) is 9.97 Å². The minimum atomic E-state index is 0.622. The summed E-state index contributed by atoms with van der Waals surface area (Å²) in [7, 11) is 0. The Hall–Kier alpha value is -2.18. The van der Waals surface area contributed by atoms with Crippen LogP contribution in [-0.2, 0) is 6.42 Å². The van der Waals surface area contributed by atoms with Gasteiger partial charge in [0.05, 0.1) is 0 Å². The number of rotatable bonds is 6. The summed E-state index contributed by atoms with van der Waals surface area (Å²) in [6, 6.07) is 1.82. The smallest absolute Gasteiger partial charge is 0.224 e. The van der Waals surface area contributed by atoms with Gasteiger partial charge in [-0.25, -0.2) is 4.98 Å². The van der Waals surface area contributed by atoms with Crippen LogP contribution in [0.5, 0.6) is 0 Å². The molecule has 0 aliphatic heterocycles. The van der Waals surface area contributed by atoms with Gasteiger partial charge in [-0.3, -0.25) is 0 Å². The van der Waals surface area contributed by atoms with E-state index in [9.17, 15) is 0 Å². The van der Waals surface area contributed by atoms with Gasteiger partial charge in [0.25, 0.3) is 0 Å². The topological polar surface area (TPSA) is 88.8 Å². The highest BCUT2D eigenvalue weighted by Gasteiger charge is 2.00. The normalized spacial score (nSPS) is 10.2. The highest BCUT2D eigenvalue weighted by molar-refractivity contribution is 5.39. The number of nitrogens with one attached hydrogen (secondary N) is 2. The van der Waals surface area contributed by atoms with Crippen LogP contribution in [0.3, 0.4) is 0 Å². The quantitative estimate of drug-likeness (QED) is 0.769. The Morgan fingerprint density at radius 2 is 2.24 bits per heavy atom. The van der Waals surface area contributed by atoms with E-state index in [2.05, 4.69) is 35.3 Å². The third kappa shape index (κ3) is 3.40. The molecule has 0 aliphatic rings. The predicted octanol–water partition coefficient (Wildman–Crippen LogP) is 0.946. The van der Waals surface area contributed by atoms with Gasteiger partial charge < -0.3 is 15.2 Å². The Morgan fingerprint density at radius 3 is 3.00 bits per heavy atom. The van der Waals surface area contributed by atoms with Crippen LogP contribution in [-0.4, -0.2) is 33.2 Å². The molecule has 0 bridgehead atoms.